The number of benzene rings is 21. The summed E-state index contributed by atoms with van der Waals surface area (Å²) in [5.41, 5.74) is 37.9. The van der Waals surface area contributed by atoms with Crippen LogP contribution in [-0.2, 0) is 0 Å². The minimum Gasteiger partial charge on any atom is -0.309 e. The zero-order valence-electron chi connectivity index (χ0n) is 68.7. The Morgan fingerprint density at radius 2 is 0.350 bits per heavy atom. The predicted molar refractivity (Wildman–Crippen MR) is 526 cm³/mol. The third-order valence-corrected chi connectivity index (χ3v) is 25.2. The molecule has 21 aromatic carbocycles. The molecule has 0 N–H and O–H groups in total. The molecule has 0 bridgehead atoms. The number of aryl methyl sites for hydroxylation is 3. The molecule has 0 unspecified atom stereocenters. The van der Waals surface area contributed by atoms with Gasteiger partial charge in [0, 0.05) is 32.9 Å². The third-order valence-electron chi connectivity index (χ3n) is 25.2. The van der Waals surface area contributed by atoms with Gasteiger partial charge in [-0.15, -0.1) is 0 Å². The van der Waals surface area contributed by atoms with Crippen molar-refractivity contribution in [1.29, 1.82) is 0 Å². The number of rotatable bonds is 13. The fraction of sp³-hybridized carbons (Fsp3) is 0.0248. The topological polar surface area (TPSA) is 9.86 Å². The van der Waals surface area contributed by atoms with Crippen molar-refractivity contribution in [2.45, 2.75) is 20.8 Å². The van der Waals surface area contributed by atoms with E-state index in [1.165, 1.54) is 237 Å². The van der Waals surface area contributed by atoms with Gasteiger partial charge in [0.15, 0.2) is 0 Å². The van der Waals surface area contributed by atoms with Gasteiger partial charge in [0.1, 0.15) is 0 Å². The summed E-state index contributed by atoms with van der Waals surface area (Å²) in [5.74, 6) is 0. The molecule has 0 amide bonds. The number of hydrogen-bond donors (Lipinski definition) is 0. The van der Waals surface area contributed by atoms with Crippen LogP contribution >= 0.6 is 0 Å². The lowest BCUT2D eigenvalue weighted by Crippen LogP contribution is -1.94. The number of hydrogen-bond acceptors (Lipinski definition) is 0. The fourth-order valence-electron chi connectivity index (χ4n) is 19.1. The minimum absolute atomic E-state index is 1.17. The molecule has 23 aromatic rings. The maximum Gasteiger partial charge on any atom is 0.0541 e. The molecule has 0 saturated heterocycles. The molecular formula is C121H84N2. The summed E-state index contributed by atoms with van der Waals surface area (Å²) in [5, 5.41) is 15.1. The predicted octanol–water partition coefficient (Wildman–Crippen LogP) is 33.4. The number of para-hydroxylation sites is 3. The van der Waals surface area contributed by atoms with E-state index < -0.39 is 0 Å². The summed E-state index contributed by atoms with van der Waals surface area (Å²) < 4.78 is 4.77. The molecule has 0 spiro atoms. The van der Waals surface area contributed by atoms with Gasteiger partial charge in [-0.1, -0.05) is 393 Å². The van der Waals surface area contributed by atoms with Crippen molar-refractivity contribution < 1.29 is 0 Å². The zero-order chi connectivity index (χ0) is 82.0. The largest absolute Gasteiger partial charge is 0.309 e. The molecule has 0 saturated carbocycles. The van der Waals surface area contributed by atoms with Crippen molar-refractivity contribution in [2.24, 2.45) is 0 Å². The molecule has 2 heterocycles. The van der Waals surface area contributed by atoms with Crippen LogP contribution in [-0.4, -0.2) is 9.13 Å². The van der Waals surface area contributed by atoms with E-state index in [1.807, 2.05) is 0 Å². The van der Waals surface area contributed by atoms with Crippen LogP contribution in [0.15, 0.2) is 455 Å². The van der Waals surface area contributed by atoms with E-state index in [0.29, 0.717) is 0 Å². The van der Waals surface area contributed by atoms with Gasteiger partial charge in [0.25, 0.3) is 0 Å². The summed E-state index contributed by atoms with van der Waals surface area (Å²) in [6.45, 7) is 6.45. The molecule has 578 valence electrons. The lowest BCUT2D eigenvalue weighted by molar-refractivity contribution is 1.17. The Labute approximate surface area is 717 Å². The van der Waals surface area contributed by atoms with Crippen LogP contribution in [0.2, 0.25) is 0 Å². The third kappa shape index (κ3) is 13.5. The van der Waals surface area contributed by atoms with Gasteiger partial charge in [-0.25, -0.2) is 0 Å². The first-order chi connectivity index (χ1) is 60.7. The Hall–Kier alpha value is -15.7. The number of fused-ring (bicyclic) bond motifs is 10. The molecule has 0 atom stereocenters. The highest BCUT2D eigenvalue weighted by Crippen LogP contribution is 2.49. The number of aromatic nitrogens is 2. The maximum atomic E-state index is 2.42. The second-order valence-electron chi connectivity index (χ2n) is 32.8. The summed E-state index contributed by atoms with van der Waals surface area (Å²) in [6.07, 6.45) is 0. The second-order valence-corrected chi connectivity index (χ2v) is 32.8. The summed E-state index contributed by atoms with van der Waals surface area (Å²) in [4.78, 5) is 0. The molecule has 2 aromatic heterocycles. The molecule has 2 nitrogen and oxygen atoms in total. The van der Waals surface area contributed by atoms with Crippen LogP contribution in [0.1, 0.15) is 16.7 Å². The Balaban J connectivity index is 0.000000147. The number of nitrogens with zero attached hydrogens (tertiary/aromatic N) is 2. The minimum atomic E-state index is 1.17. The smallest absolute Gasteiger partial charge is 0.0541 e. The van der Waals surface area contributed by atoms with E-state index in [1.54, 1.807) is 0 Å². The van der Waals surface area contributed by atoms with E-state index >= 15 is 0 Å². The summed E-state index contributed by atoms with van der Waals surface area (Å²) in [7, 11) is 0. The van der Waals surface area contributed by atoms with Crippen molar-refractivity contribution >= 4 is 86.7 Å². The quantitative estimate of drug-likeness (QED) is 0.102. The van der Waals surface area contributed by atoms with E-state index in [9.17, 15) is 0 Å². The Kier molecular flexibility index (Phi) is 18.7. The van der Waals surface area contributed by atoms with Crippen LogP contribution in [0.25, 0.3) is 220 Å². The molecule has 0 radical (unpaired) electrons. The highest BCUT2D eigenvalue weighted by Gasteiger charge is 2.23. The van der Waals surface area contributed by atoms with Gasteiger partial charge in [-0.2, -0.15) is 0 Å². The van der Waals surface area contributed by atoms with E-state index in [4.69, 9.17) is 0 Å². The van der Waals surface area contributed by atoms with Gasteiger partial charge in [-0.05, 0) is 265 Å². The van der Waals surface area contributed by atoms with Crippen LogP contribution in [0.3, 0.4) is 0 Å². The van der Waals surface area contributed by atoms with Gasteiger partial charge >= 0.3 is 0 Å². The highest BCUT2D eigenvalue weighted by atomic mass is 15.0. The standard InChI is InChI=1S/C63H43N.C58H41N/c1-42-12-11-15-53(40-42)64-60-21-10-9-16-54(60)59-41-52(38-39-61(59)64)49-28-26-46(27-29-49)48-32-36-51(37-33-48)63-57-19-7-5-17-55(57)62(56-18-6-8-20-58(56)63)50-34-30-47(31-35-50)45-24-22-44(23-25-45)43-13-3-2-4-14-43;1-38-17-21-40(22-18-38)45-30-33-51-53(36-45)57(43-11-5-3-6-12-43)50-32-29-46(41-23-19-39(2)20-24-41)37-54(50)58(51)44-27-25-42(26-28-44)47-31-34-56-52(35-47)49-15-9-10-16-55(49)59(56)48-13-7-4-8-14-48/h2-41H,1H3;3-37H,1-2H3. The van der Waals surface area contributed by atoms with Crippen molar-refractivity contribution in [3.8, 4) is 134 Å². The average molecular weight is 1570 g/mol. The van der Waals surface area contributed by atoms with Crippen LogP contribution < -0.4 is 0 Å². The first kappa shape index (κ1) is 73.6. The fourth-order valence-corrected chi connectivity index (χ4v) is 19.1. The first-order valence-electron chi connectivity index (χ1n) is 42.7. The SMILES string of the molecule is Cc1ccc(-c2ccc3c(-c4ccc(-c5ccc6c(c5)c5ccccc5n6-c5ccccc5)cc4)c4cc(-c5ccc(C)cc5)ccc4c(-c4ccccc4)c3c2)cc1.Cc1cccc(-n2c3ccccc3c3cc(-c4ccc(-c5ccc(-c6c7ccccc7c(-c7ccc(-c8ccc(-c9ccccc9)cc8)cc7)c7ccccc67)cc5)cc4)ccc32)c1. The van der Waals surface area contributed by atoms with E-state index in [2.05, 4.69) is 485 Å². The zero-order valence-corrected chi connectivity index (χ0v) is 68.7. The van der Waals surface area contributed by atoms with Crippen molar-refractivity contribution in [2.75, 3.05) is 0 Å². The maximum absolute atomic E-state index is 2.42. The Morgan fingerprint density at radius 3 is 0.715 bits per heavy atom. The lowest BCUT2D eigenvalue weighted by Gasteiger charge is -2.20. The molecular weight excluding hydrogens is 1480 g/mol. The van der Waals surface area contributed by atoms with Crippen molar-refractivity contribution in [3.05, 3.63) is 472 Å². The summed E-state index contributed by atoms with van der Waals surface area (Å²) >= 11 is 0. The van der Waals surface area contributed by atoms with Gasteiger partial charge in [0.05, 0.1) is 22.1 Å². The van der Waals surface area contributed by atoms with Gasteiger partial charge in [-0.3, -0.25) is 0 Å². The molecule has 123 heavy (non-hydrogen) atoms. The Bertz CT molecular complexity index is 7900. The van der Waals surface area contributed by atoms with Crippen molar-refractivity contribution in [3.63, 3.8) is 0 Å². The first-order valence-corrected chi connectivity index (χ1v) is 42.7. The lowest BCUT2D eigenvalue weighted by atomic mass is 9.83. The summed E-state index contributed by atoms with van der Waals surface area (Å²) in [6, 6.07) is 167. The van der Waals surface area contributed by atoms with Gasteiger partial charge < -0.3 is 9.13 Å². The monoisotopic (exact) mass is 1560 g/mol. The molecule has 0 fully saturated rings. The van der Waals surface area contributed by atoms with Crippen LogP contribution in [0.5, 0.6) is 0 Å². The molecule has 23 rings (SSSR count). The van der Waals surface area contributed by atoms with E-state index in [0.717, 1.165) is 0 Å². The molecule has 0 aliphatic rings. The van der Waals surface area contributed by atoms with E-state index in [-0.39, 0.29) is 0 Å². The Morgan fingerprint density at radius 1 is 0.122 bits per heavy atom. The molecule has 0 aliphatic carbocycles. The van der Waals surface area contributed by atoms with Gasteiger partial charge in [0.2, 0.25) is 0 Å². The second kappa shape index (κ2) is 31.2. The normalized spacial score (nSPS) is 11.5. The van der Waals surface area contributed by atoms with Crippen molar-refractivity contribution in [1.82, 2.24) is 9.13 Å². The average Bonchev–Trinajstić information content (AvgIpc) is 1.67. The van der Waals surface area contributed by atoms with Crippen LogP contribution in [0, 0.1) is 20.8 Å². The van der Waals surface area contributed by atoms with Crippen LogP contribution in [0.4, 0.5) is 0 Å². The molecule has 2 heteroatoms. The molecule has 0 aliphatic heterocycles. The highest BCUT2D eigenvalue weighted by molar-refractivity contribution is 6.24.